The van der Waals surface area contributed by atoms with Gasteiger partial charge in [-0.3, -0.25) is 10.1 Å². The standard InChI is InChI=1S/C13H19N3O4/c1-13(15,6-3-7-14)11-8-9(16(18)19)4-5-10(11)12(17)20-2/h4-5,8H,3,6-7,14-15H2,1-2H3. The Morgan fingerprint density at radius 2 is 2.15 bits per heavy atom. The molecule has 0 saturated carbocycles. The first-order valence-corrected chi connectivity index (χ1v) is 6.19. The topological polar surface area (TPSA) is 121 Å². The smallest absolute Gasteiger partial charge is 0.338 e. The zero-order chi connectivity index (χ0) is 15.3. The normalized spacial score (nSPS) is 13.6. The first kappa shape index (κ1) is 16.1. The predicted octanol–water partition coefficient (Wildman–Crippen LogP) is 1.29. The van der Waals surface area contributed by atoms with Crippen LogP contribution in [0.4, 0.5) is 5.69 Å². The Morgan fingerprint density at radius 3 is 2.65 bits per heavy atom. The summed E-state index contributed by atoms with van der Waals surface area (Å²) >= 11 is 0. The van der Waals surface area contributed by atoms with Crippen LogP contribution in [0.2, 0.25) is 0 Å². The zero-order valence-electron chi connectivity index (χ0n) is 11.6. The average molecular weight is 281 g/mol. The molecule has 0 aromatic heterocycles. The number of benzene rings is 1. The van der Waals surface area contributed by atoms with Gasteiger partial charge in [0.15, 0.2) is 0 Å². The minimum atomic E-state index is -0.894. The van der Waals surface area contributed by atoms with E-state index in [1.807, 2.05) is 0 Å². The summed E-state index contributed by atoms with van der Waals surface area (Å²) in [7, 11) is 1.25. The molecule has 1 rings (SSSR count). The molecule has 0 bridgehead atoms. The fourth-order valence-corrected chi connectivity index (χ4v) is 2.01. The SMILES string of the molecule is COC(=O)c1ccc([N+](=O)[O-])cc1C(C)(N)CCCN. The molecule has 0 aliphatic heterocycles. The highest BCUT2D eigenvalue weighted by Crippen LogP contribution is 2.30. The summed E-state index contributed by atoms with van der Waals surface area (Å²) in [5.74, 6) is -0.570. The van der Waals surface area contributed by atoms with Crippen molar-refractivity contribution in [3.63, 3.8) is 0 Å². The first-order chi connectivity index (χ1) is 9.33. The van der Waals surface area contributed by atoms with Crippen molar-refractivity contribution < 1.29 is 14.5 Å². The number of non-ortho nitro benzene ring substituents is 1. The van der Waals surface area contributed by atoms with Gasteiger partial charge in [-0.2, -0.15) is 0 Å². The van der Waals surface area contributed by atoms with Gasteiger partial charge in [0.05, 0.1) is 17.6 Å². The van der Waals surface area contributed by atoms with E-state index < -0.39 is 16.4 Å². The maximum Gasteiger partial charge on any atom is 0.338 e. The van der Waals surface area contributed by atoms with Crippen molar-refractivity contribution in [1.82, 2.24) is 0 Å². The minimum Gasteiger partial charge on any atom is -0.465 e. The highest BCUT2D eigenvalue weighted by molar-refractivity contribution is 5.91. The summed E-state index contributed by atoms with van der Waals surface area (Å²) in [5, 5.41) is 10.9. The Hall–Kier alpha value is -1.99. The fourth-order valence-electron chi connectivity index (χ4n) is 2.01. The third kappa shape index (κ3) is 3.52. The van der Waals surface area contributed by atoms with Crippen LogP contribution in [0.3, 0.4) is 0 Å². The highest BCUT2D eigenvalue weighted by Gasteiger charge is 2.28. The van der Waals surface area contributed by atoms with Crippen molar-refractivity contribution in [1.29, 1.82) is 0 Å². The van der Waals surface area contributed by atoms with Crippen LogP contribution < -0.4 is 11.5 Å². The van der Waals surface area contributed by atoms with Gasteiger partial charge in [0, 0.05) is 17.7 Å². The number of nitro groups is 1. The summed E-state index contributed by atoms with van der Waals surface area (Å²) in [5.41, 5.74) is 11.3. The molecule has 0 saturated heterocycles. The molecule has 0 spiro atoms. The molecule has 7 nitrogen and oxygen atoms in total. The number of ether oxygens (including phenoxy) is 1. The highest BCUT2D eigenvalue weighted by atomic mass is 16.6. The Labute approximate surface area is 117 Å². The van der Waals surface area contributed by atoms with E-state index in [4.69, 9.17) is 11.5 Å². The Balaban J connectivity index is 3.34. The van der Waals surface area contributed by atoms with Gasteiger partial charge in [0.1, 0.15) is 0 Å². The molecule has 0 aliphatic carbocycles. The quantitative estimate of drug-likeness (QED) is 0.460. The third-order valence-corrected chi connectivity index (χ3v) is 3.13. The fraction of sp³-hybridized carbons (Fsp3) is 0.462. The second-order valence-corrected chi connectivity index (χ2v) is 4.79. The van der Waals surface area contributed by atoms with E-state index in [1.165, 1.54) is 25.3 Å². The molecular formula is C13H19N3O4. The molecule has 0 amide bonds. The molecule has 1 aromatic rings. The number of carbonyl (C=O) groups excluding carboxylic acids is 1. The molecule has 1 aromatic carbocycles. The molecule has 20 heavy (non-hydrogen) atoms. The summed E-state index contributed by atoms with van der Waals surface area (Å²) in [6.45, 7) is 2.17. The van der Waals surface area contributed by atoms with Crippen LogP contribution in [0.5, 0.6) is 0 Å². The lowest BCUT2D eigenvalue weighted by Crippen LogP contribution is -2.35. The number of carbonyl (C=O) groups is 1. The lowest BCUT2D eigenvalue weighted by atomic mass is 9.85. The summed E-state index contributed by atoms with van der Waals surface area (Å²) in [6, 6.07) is 3.95. The van der Waals surface area contributed by atoms with Gasteiger partial charge in [-0.1, -0.05) is 0 Å². The Kier molecular flexibility index (Phi) is 5.18. The molecule has 110 valence electrons. The van der Waals surface area contributed by atoms with E-state index in [1.54, 1.807) is 6.92 Å². The molecule has 0 radical (unpaired) electrons. The molecule has 0 fully saturated rings. The number of rotatable bonds is 6. The Bertz CT molecular complexity index is 514. The van der Waals surface area contributed by atoms with Gasteiger partial charge in [0.2, 0.25) is 0 Å². The number of nitro benzene ring substituents is 1. The van der Waals surface area contributed by atoms with Gasteiger partial charge >= 0.3 is 5.97 Å². The van der Waals surface area contributed by atoms with Gasteiger partial charge in [-0.25, -0.2) is 4.79 Å². The van der Waals surface area contributed by atoms with Crippen LogP contribution in [-0.4, -0.2) is 24.5 Å². The van der Waals surface area contributed by atoms with E-state index >= 15 is 0 Å². The van der Waals surface area contributed by atoms with Crippen molar-refractivity contribution in [3.8, 4) is 0 Å². The van der Waals surface area contributed by atoms with Crippen molar-refractivity contribution in [2.45, 2.75) is 25.3 Å². The van der Waals surface area contributed by atoms with Crippen LogP contribution >= 0.6 is 0 Å². The van der Waals surface area contributed by atoms with E-state index in [9.17, 15) is 14.9 Å². The largest absolute Gasteiger partial charge is 0.465 e. The molecule has 7 heteroatoms. The van der Waals surface area contributed by atoms with Gasteiger partial charge in [-0.15, -0.1) is 0 Å². The molecule has 1 unspecified atom stereocenters. The monoisotopic (exact) mass is 281 g/mol. The van der Waals surface area contributed by atoms with Crippen molar-refractivity contribution >= 4 is 11.7 Å². The zero-order valence-corrected chi connectivity index (χ0v) is 11.6. The number of hydrogen-bond acceptors (Lipinski definition) is 6. The predicted molar refractivity (Wildman–Crippen MR) is 74.3 cm³/mol. The first-order valence-electron chi connectivity index (χ1n) is 6.19. The van der Waals surface area contributed by atoms with E-state index in [0.29, 0.717) is 24.9 Å². The van der Waals surface area contributed by atoms with Crippen molar-refractivity contribution in [3.05, 3.63) is 39.4 Å². The lowest BCUT2D eigenvalue weighted by Gasteiger charge is -2.26. The van der Waals surface area contributed by atoms with E-state index in [0.717, 1.165) is 0 Å². The second kappa shape index (κ2) is 6.44. The summed E-state index contributed by atoms with van der Waals surface area (Å²) in [6.07, 6.45) is 1.16. The number of methoxy groups -OCH3 is 1. The van der Waals surface area contributed by atoms with Crippen LogP contribution in [0.15, 0.2) is 18.2 Å². The van der Waals surface area contributed by atoms with E-state index in [2.05, 4.69) is 4.74 Å². The number of hydrogen-bond donors (Lipinski definition) is 2. The molecule has 1 atom stereocenters. The number of esters is 1. The maximum atomic E-state index is 11.8. The molecular weight excluding hydrogens is 262 g/mol. The molecule has 0 heterocycles. The molecule has 4 N–H and O–H groups in total. The van der Waals surface area contributed by atoms with Crippen LogP contribution in [0, 0.1) is 10.1 Å². The van der Waals surface area contributed by atoms with Crippen LogP contribution in [0.1, 0.15) is 35.7 Å². The lowest BCUT2D eigenvalue weighted by molar-refractivity contribution is -0.385. The van der Waals surface area contributed by atoms with Gasteiger partial charge in [0.25, 0.3) is 5.69 Å². The molecule has 0 aliphatic rings. The minimum absolute atomic E-state index is 0.114. The number of nitrogens with zero attached hydrogens (tertiary/aromatic N) is 1. The Morgan fingerprint density at radius 1 is 1.50 bits per heavy atom. The number of nitrogens with two attached hydrogens (primary N) is 2. The van der Waals surface area contributed by atoms with Gasteiger partial charge < -0.3 is 16.2 Å². The van der Waals surface area contributed by atoms with Crippen molar-refractivity contribution in [2.75, 3.05) is 13.7 Å². The second-order valence-electron chi connectivity index (χ2n) is 4.79. The maximum absolute atomic E-state index is 11.8. The third-order valence-electron chi connectivity index (χ3n) is 3.13. The van der Waals surface area contributed by atoms with Crippen LogP contribution in [0.25, 0.3) is 0 Å². The van der Waals surface area contributed by atoms with Crippen LogP contribution in [-0.2, 0) is 10.3 Å². The van der Waals surface area contributed by atoms with E-state index in [-0.39, 0.29) is 11.3 Å². The average Bonchev–Trinajstić information content (AvgIpc) is 2.43. The van der Waals surface area contributed by atoms with Crippen molar-refractivity contribution in [2.24, 2.45) is 11.5 Å². The summed E-state index contributed by atoms with van der Waals surface area (Å²) < 4.78 is 4.69. The summed E-state index contributed by atoms with van der Waals surface area (Å²) in [4.78, 5) is 22.1. The van der Waals surface area contributed by atoms with Gasteiger partial charge in [-0.05, 0) is 37.9 Å².